The van der Waals surface area contributed by atoms with Crippen molar-refractivity contribution in [2.24, 2.45) is 0 Å². The molecule has 0 bridgehead atoms. The lowest BCUT2D eigenvalue weighted by molar-refractivity contribution is 0.0763. The molecule has 0 radical (unpaired) electrons. The van der Waals surface area contributed by atoms with Crippen molar-refractivity contribution in [3.05, 3.63) is 70.6 Å². The molecule has 0 aliphatic carbocycles. The molecule has 104 valence electrons. The molecule has 0 saturated carbocycles. The minimum absolute atomic E-state index is 0.0658. The number of nitrogens with zero attached hydrogens (tertiary/aromatic N) is 1. The van der Waals surface area contributed by atoms with Gasteiger partial charge in [0.05, 0.1) is 0 Å². The number of thiophene rings is 1. The van der Waals surface area contributed by atoms with Gasteiger partial charge in [0.2, 0.25) is 0 Å². The Morgan fingerprint density at radius 1 is 1.14 bits per heavy atom. The Bertz CT molecular complexity index is 839. The average molecular weight is 311 g/mol. The fraction of sp³-hybridized carbons (Fsp3) is 0.118. The van der Waals surface area contributed by atoms with E-state index >= 15 is 0 Å². The first kappa shape index (κ1) is 12.9. The van der Waals surface area contributed by atoms with Crippen LogP contribution >= 0.6 is 24.0 Å². The highest BCUT2D eigenvalue weighted by Crippen LogP contribution is 2.37. The van der Waals surface area contributed by atoms with E-state index in [1.165, 1.54) is 10.1 Å². The maximum Gasteiger partial charge on any atom is 0.255 e. The second-order valence-electron chi connectivity index (χ2n) is 5.19. The normalized spacial score (nSPS) is 17.5. The van der Waals surface area contributed by atoms with E-state index in [4.69, 9.17) is 0 Å². The van der Waals surface area contributed by atoms with Crippen molar-refractivity contribution in [1.82, 2.24) is 4.90 Å². The second kappa shape index (κ2) is 4.90. The van der Waals surface area contributed by atoms with Gasteiger partial charge in [-0.25, -0.2) is 0 Å². The third kappa shape index (κ3) is 2.06. The van der Waals surface area contributed by atoms with Crippen molar-refractivity contribution in [3.63, 3.8) is 0 Å². The van der Waals surface area contributed by atoms with Crippen molar-refractivity contribution in [2.45, 2.75) is 11.9 Å². The van der Waals surface area contributed by atoms with Gasteiger partial charge in [-0.05, 0) is 46.2 Å². The Morgan fingerprint density at radius 2 is 2.00 bits per heavy atom. The lowest BCUT2D eigenvalue weighted by Gasteiger charge is -2.21. The predicted octanol–water partition coefficient (Wildman–Crippen LogP) is 4.49. The number of amides is 1. The molecular weight excluding hydrogens is 298 g/mol. The smallest absolute Gasteiger partial charge is 0.255 e. The van der Waals surface area contributed by atoms with Gasteiger partial charge >= 0.3 is 0 Å². The number of hydrogen-bond acceptors (Lipinski definition) is 3. The average Bonchev–Trinajstić information content (AvgIpc) is 3.06. The number of benzene rings is 2. The molecule has 1 aliphatic heterocycles. The zero-order chi connectivity index (χ0) is 14.4. The van der Waals surface area contributed by atoms with Crippen LogP contribution in [0, 0.1) is 0 Å². The van der Waals surface area contributed by atoms with Crippen molar-refractivity contribution < 1.29 is 4.79 Å². The number of fused-ring (bicyclic) bond motifs is 2. The van der Waals surface area contributed by atoms with Gasteiger partial charge in [-0.15, -0.1) is 24.0 Å². The molecule has 3 aromatic rings. The van der Waals surface area contributed by atoms with E-state index in [2.05, 4.69) is 42.3 Å². The van der Waals surface area contributed by atoms with E-state index in [1.54, 1.807) is 11.3 Å². The molecule has 4 rings (SSSR count). The molecule has 4 heteroatoms. The van der Waals surface area contributed by atoms with Crippen LogP contribution in [0.15, 0.2) is 53.9 Å². The summed E-state index contributed by atoms with van der Waals surface area (Å²) in [5.41, 5.74) is 2.91. The van der Waals surface area contributed by atoms with Crippen LogP contribution in [-0.4, -0.2) is 10.8 Å². The highest BCUT2D eigenvalue weighted by molar-refractivity contribution is 7.80. The molecule has 2 nitrogen and oxygen atoms in total. The van der Waals surface area contributed by atoms with E-state index in [0.29, 0.717) is 6.54 Å². The standard InChI is InChI=1S/C17H13NOS2/c19-16-13-3-1-2-4-14(13)17(20)18(16)10-11-5-6-15-12(9-11)7-8-21-15/h1-9,17,20H,10H2. The Labute approximate surface area is 132 Å². The van der Waals surface area contributed by atoms with Gasteiger partial charge < -0.3 is 4.90 Å². The first-order chi connectivity index (χ1) is 10.2. The molecule has 2 aromatic carbocycles. The molecule has 1 atom stereocenters. The molecule has 2 heterocycles. The maximum atomic E-state index is 12.5. The molecule has 1 aromatic heterocycles. The van der Waals surface area contributed by atoms with E-state index in [1.807, 2.05) is 29.2 Å². The number of thiol groups is 1. The molecule has 0 saturated heterocycles. The van der Waals surface area contributed by atoms with Crippen LogP contribution < -0.4 is 0 Å². The van der Waals surface area contributed by atoms with Gasteiger partial charge in [0, 0.05) is 16.8 Å². The zero-order valence-corrected chi connectivity index (χ0v) is 12.9. The van der Waals surface area contributed by atoms with E-state index in [-0.39, 0.29) is 11.3 Å². The molecular formula is C17H13NOS2. The summed E-state index contributed by atoms with van der Waals surface area (Å²) < 4.78 is 1.28. The van der Waals surface area contributed by atoms with Crippen molar-refractivity contribution in [2.75, 3.05) is 0 Å². The largest absolute Gasteiger partial charge is 0.318 e. The first-order valence-electron chi connectivity index (χ1n) is 6.78. The van der Waals surface area contributed by atoms with Crippen LogP contribution in [0.3, 0.4) is 0 Å². The van der Waals surface area contributed by atoms with Crippen LogP contribution in [0.4, 0.5) is 0 Å². The summed E-state index contributed by atoms with van der Waals surface area (Å²) in [5.74, 6) is 0.0658. The minimum atomic E-state index is -0.160. The van der Waals surface area contributed by atoms with Gasteiger partial charge in [-0.1, -0.05) is 24.3 Å². The summed E-state index contributed by atoms with van der Waals surface area (Å²) in [6, 6.07) is 16.2. The molecule has 1 amide bonds. The maximum absolute atomic E-state index is 12.5. The molecule has 0 fully saturated rings. The fourth-order valence-electron chi connectivity index (χ4n) is 2.82. The van der Waals surface area contributed by atoms with Gasteiger partial charge in [0.25, 0.3) is 5.91 Å². The van der Waals surface area contributed by atoms with Crippen molar-refractivity contribution in [1.29, 1.82) is 0 Å². The van der Waals surface area contributed by atoms with Gasteiger partial charge in [-0.2, -0.15) is 0 Å². The molecule has 0 N–H and O–H groups in total. The van der Waals surface area contributed by atoms with Crippen LogP contribution in [-0.2, 0) is 6.54 Å². The van der Waals surface area contributed by atoms with Gasteiger partial charge in [0.15, 0.2) is 0 Å². The summed E-state index contributed by atoms with van der Waals surface area (Å²) in [4.78, 5) is 14.3. The van der Waals surface area contributed by atoms with Crippen LogP contribution in [0.5, 0.6) is 0 Å². The number of rotatable bonds is 2. The molecule has 1 unspecified atom stereocenters. The van der Waals surface area contributed by atoms with Crippen molar-refractivity contribution in [3.8, 4) is 0 Å². The monoisotopic (exact) mass is 311 g/mol. The quantitative estimate of drug-likeness (QED) is 0.692. The highest BCUT2D eigenvalue weighted by atomic mass is 32.1. The second-order valence-corrected chi connectivity index (χ2v) is 6.62. The summed E-state index contributed by atoms with van der Waals surface area (Å²) in [6.45, 7) is 0.591. The third-order valence-electron chi connectivity index (χ3n) is 3.90. The van der Waals surface area contributed by atoms with Crippen LogP contribution in [0.25, 0.3) is 10.1 Å². The summed E-state index contributed by atoms with van der Waals surface area (Å²) in [6.07, 6.45) is 0. The SMILES string of the molecule is O=C1c2ccccc2C(S)N1Cc1ccc2sccc2c1. The van der Waals surface area contributed by atoms with Crippen molar-refractivity contribution >= 4 is 40.0 Å². The topological polar surface area (TPSA) is 20.3 Å². The Kier molecular flexibility index (Phi) is 3.01. The van der Waals surface area contributed by atoms with Gasteiger partial charge in [-0.3, -0.25) is 4.79 Å². The predicted molar refractivity (Wildman–Crippen MR) is 89.9 cm³/mol. The molecule has 1 aliphatic rings. The molecule has 0 spiro atoms. The highest BCUT2D eigenvalue weighted by Gasteiger charge is 2.33. The van der Waals surface area contributed by atoms with E-state index in [0.717, 1.165) is 16.7 Å². The lowest BCUT2D eigenvalue weighted by Crippen LogP contribution is -2.25. The number of carbonyl (C=O) groups is 1. The summed E-state index contributed by atoms with van der Waals surface area (Å²) >= 11 is 6.36. The number of hydrogen-bond donors (Lipinski definition) is 1. The van der Waals surface area contributed by atoms with E-state index in [9.17, 15) is 4.79 Å². The Balaban J connectivity index is 1.67. The Hall–Kier alpha value is -1.78. The van der Waals surface area contributed by atoms with E-state index < -0.39 is 0 Å². The van der Waals surface area contributed by atoms with Crippen LogP contribution in [0.2, 0.25) is 0 Å². The van der Waals surface area contributed by atoms with Gasteiger partial charge in [0.1, 0.15) is 5.37 Å². The molecule has 21 heavy (non-hydrogen) atoms. The lowest BCUT2D eigenvalue weighted by atomic mass is 10.1. The zero-order valence-electron chi connectivity index (χ0n) is 11.2. The number of carbonyl (C=O) groups excluding carboxylic acids is 1. The first-order valence-corrected chi connectivity index (χ1v) is 8.18. The van der Waals surface area contributed by atoms with Crippen LogP contribution in [0.1, 0.15) is 26.9 Å². The fourth-order valence-corrected chi connectivity index (χ4v) is 4.00. The summed E-state index contributed by atoms with van der Waals surface area (Å²) in [5, 5.41) is 3.16. The third-order valence-corrected chi connectivity index (χ3v) is 5.35. The minimum Gasteiger partial charge on any atom is -0.318 e. The Morgan fingerprint density at radius 3 is 2.86 bits per heavy atom. The summed E-state index contributed by atoms with van der Waals surface area (Å²) in [7, 11) is 0.